The number of fused-ring (bicyclic) bond motifs is 1. The van der Waals surface area contributed by atoms with E-state index in [1.54, 1.807) is 48.8 Å². The molecule has 1 atom stereocenters. The number of amides is 3. The van der Waals surface area contributed by atoms with Gasteiger partial charge in [0.25, 0.3) is 11.5 Å². The lowest BCUT2D eigenvalue weighted by Gasteiger charge is -2.21. The van der Waals surface area contributed by atoms with Gasteiger partial charge in [-0.25, -0.2) is 9.78 Å². The molecule has 9 nitrogen and oxygen atoms in total. The van der Waals surface area contributed by atoms with Crippen LogP contribution in [-0.4, -0.2) is 38.7 Å². The quantitative estimate of drug-likeness (QED) is 0.499. The van der Waals surface area contributed by atoms with E-state index < -0.39 is 30.0 Å². The Morgan fingerprint density at radius 1 is 1.24 bits per heavy atom. The molecule has 1 fully saturated rings. The average molecular weight is 412 g/mol. The summed E-state index contributed by atoms with van der Waals surface area (Å²) in [4.78, 5) is 54.8. The number of imide groups is 1. The molecule has 3 aromatic rings. The number of carbonyl (C=O) groups excluding carboxylic acids is 3. The van der Waals surface area contributed by atoms with Crippen molar-refractivity contribution < 1.29 is 19.1 Å². The number of aromatic nitrogens is 2. The fraction of sp³-hybridized carbons (Fsp3) is 0.211. The average Bonchev–Trinajstić information content (AvgIpc) is 3.27. The molecule has 3 amide bonds. The van der Waals surface area contributed by atoms with Gasteiger partial charge >= 0.3 is 12.0 Å². The van der Waals surface area contributed by atoms with Crippen LogP contribution < -0.4 is 10.9 Å². The van der Waals surface area contributed by atoms with Crippen LogP contribution in [0, 0.1) is 0 Å². The molecular weight excluding hydrogens is 396 g/mol. The Kier molecular flexibility index (Phi) is 4.63. The summed E-state index contributed by atoms with van der Waals surface area (Å²) in [7, 11) is 0. The molecule has 0 radical (unpaired) electrons. The predicted octanol–water partition coefficient (Wildman–Crippen LogP) is 1.27. The van der Waals surface area contributed by atoms with Gasteiger partial charge in [0, 0.05) is 17.6 Å². The highest BCUT2D eigenvalue weighted by atomic mass is 32.1. The lowest BCUT2D eigenvalue weighted by Crippen LogP contribution is -2.41. The Morgan fingerprint density at radius 2 is 2.00 bits per heavy atom. The van der Waals surface area contributed by atoms with Crippen LogP contribution in [-0.2, 0) is 26.5 Å². The van der Waals surface area contributed by atoms with Crippen LogP contribution in [0.25, 0.3) is 4.96 Å². The molecule has 0 aliphatic carbocycles. The standard InChI is InChI=1S/C19H16N4O5S/c1-19(12-5-3-2-4-6-12)16(26)23(17(27)21-19)10-15(25)28-11-13-9-14(24)22-7-8-29-18(22)20-13/h2-9H,10-11H2,1H3,(H,21,27)/t19-/m0/s1. The largest absolute Gasteiger partial charge is 0.458 e. The number of urea groups is 1. The van der Waals surface area contributed by atoms with Crippen LogP contribution >= 0.6 is 11.3 Å². The molecule has 2 aromatic heterocycles. The van der Waals surface area contributed by atoms with Gasteiger partial charge in [-0.1, -0.05) is 30.3 Å². The Morgan fingerprint density at radius 3 is 2.76 bits per heavy atom. The molecule has 10 heteroatoms. The number of rotatable bonds is 5. The van der Waals surface area contributed by atoms with E-state index in [2.05, 4.69) is 10.3 Å². The van der Waals surface area contributed by atoms with Gasteiger partial charge < -0.3 is 10.1 Å². The van der Waals surface area contributed by atoms with Crippen LogP contribution in [0.1, 0.15) is 18.2 Å². The summed E-state index contributed by atoms with van der Waals surface area (Å²) in [5.41, 5.74) is -0.630. The summed E-state index contributed by atoms with van der Waals surface area (Å²) < 4.78 is 6.50. The molecular formula is C19H16N4O5S. The number of esters is 1. The molecule has 1 aromatic carbocycles. The minimum absolute atomic E-state index is 0.234. The monoisotopic (exact) mass is 412 g/mol. The van der Waals surface area contributed by atoms with E-state index in [0.717, 1.165) is 4.90 Å². The predicted molar refractivity (Wildman–Crippen MR) is 103 cm³/mol. The van der Waals surface area contributed by atoms with Gasteiger partial charge in [0.2, 0.25) is 0 Å². The zero-order valence-corrected chi connectivity index (χ0v) is 16.1. The van der Waals surface area contributed by atoms with Crippen LogP contribution in [0.2, 0.25) is 0 Å². The number of hydrogen-bond donors (Lipinski definition) is 1. The second-order valence-corrected chi connectivity index (χ2v) is 7.49. The highest BCUT2D eigenvalue weighted by Crippen LogP contribution is 2.28. The highest BCUT2D eigenvalue weighted by Gasteiger charge is 2.49. The Bertz CT molecular complexity index is 1170. The minimum Gasteiger partial charge on any atom is -0.458 e. The second kappa shape index (κ2) is 7.13. The molecule has 0 saturated carbocycles. The topological polar surface area (TPSA) is 110 Å². The fourth-order valence-corrected chi connectivity index (χ4v) is 3.84. The van der Waals surface area contributed by atoms with E-state index in [0.29, 0.717) is 10.5 Å². The zero-order valence-electron chi connectivity index (χ0n) is 15.3. The van der Waals surface area contributed by atoms with Crippen molar-refractivity contribution in [2.45, 2.75) is 19.1 Å². The van der Waals surface area contributed by atoms with Crippen LogP contribution in [0.4, 0.5) is 4.79 Å². The molecule has 3 heterocycles. The Hall–Kier alpha value is -3.53. The second-order valence-electron chi connectivity index (χ2n) is 6.61. The maximum Gasteiger partial charge on any atom is 0.326 e. The number of nitrogens with one attached hydrogen (secondary N) is 1. The molecule has 1 aliphatic rings. The van der Waals surface area contributed by atoms with E-state index in [1.807, 2.05) is 0 Å². The molecule has 29 heavy (non-hydrogen) atoms. The minimum atomic E-state index is -1.25. The first kappa shape index (κ1) is 18.8. The number of thiazole rings is 1. The van der Waals surface area contributed by atoms with Gasteiger partial charge in [-0.2, -0.15) is 0 Å². The Balaban J connectivity index is 1.43. The molecule has 0 bridgehead atoms. The first-order chi connectivity index (χ1) is 13.9. The molecule has 1 aliphatic heterocycles. The number of hydrogen-bond acceptors (Lipinski definition) is 7. The fourth-order valence-electron chi connectivity index (χ4n) is 3.10. The van der Waals surface area contributed by atoms with Gasteiger partial charge in [-0.15, -0.1) is 11.3 Å². The van der Waals surface area contributed by atoms with Gasteiger partial charge in [0.1, 0.15) is 18.7 Å². The first-order valence-corrected chi connectivity index (χ1v) is 9.57. The summed E-state index contributed by atoms with van der Waals surface area (Å²) in [6.07, 6.45) is 1.60. The van der Waals surface area contributed by atoms with Gasteiger partial charge in [0.15, 0.2) is 4.96 Å². The summed E-state index contributed by atoms with van der Waals surface area (Å²) in [5, 5.41) is 4.35. The number of benzene rings is 1. The van der Waals surface area contributed by atoms with E-state index in [4.69, 9.17) is 4.74 Å². The van der Waals surface area contributed by atoms with E-state index >= 15 is 0 Å². The van der Waals surface area contributed by atoms with Crippen molar-refractivity contribution in [3.63, 3.8) is 0 Å². The van der Waals surface area contributed by atoms with Crippen LogP contribution in [0.3, 0.4) is 0 Å². The van der Waals surface area contributed by atoms with Crippen molar-refractivity contribution in [1.29, 1.82) is 0 Å². The van der Waals surface area contributed by atoms with Crippen molar-refractivity contribution in [2.75, 3.05) is 6.54 Å². The smallest absolute Gasteiger partial charge is 0.326 e. The summed E-state index contributed by atoms with van der Waals surface area (Å²) in [6.45, 7) is 0.816. The molecule has 0 spiro atoms. The van der Waals surface area contributed by atoms with Crippen LogP contribution in [0.5, 0.6) is 0 Å². The summed E-state index contributed by atoms with van der Waals surface area (Å²) in [6, 6.07) is 9.38. The van der Waals surface area contributed by atoms with Gasteiger partial charge in [-0.3, -0.25) is 23.7 Å². The third kappa shape index (κ3) is 3.38. The first-order valence-electron chi connectivity index (χ1n) is 8.69. The van der Waals surface area contributed by atoms with Crippen molar-refractivity contribution >= 4 is 34.2 Å². The van der Waals surface area contributed by atoms with E-state index in [1.165, 1.54) is 21.8 Å². The lowest BCUT2D eigenvalue weighted by atomic mass is 9.92. The zero-order chi connectivity index (χ0) is 20.6. The number of carbonyl (C=O) groups is 3. The van der Waals surface area contributed by atoms with Gasteiger partial charge in [-0.05, 0) is 12.5 Å². The molecule has 1 N–H and O–H groups in total. The molecule has 0 unspecified atom stereocenters. The summed E-state index contributed by atoms with van der Waals surface area (Å²) in [5.74, 6) is -1.32. The van der Waals surface area contributed by atoms with Crippen molar-refractivity contribution in [3.8, 4) is 0 Å². The van der Waals surface area contributed by atoms with Crippen molar-refractivity contribution in [1.82, 2.24) is 19.6 Å². The summed E-state index contributed by atoms with van der Waals surface area (Å²) >= 11 is 1.28. The van der Waals surface area contributed by atoms with E-state index in [9.17, 15) is 19.2 Å². The van der Waals surface area contributed by atoms with Crippen molar-refractivity contribution in [2.24, 2.45) is 0 Å². The number of nitrogens with zero attached hydrogens (tertiary/aromatic N) is 3. The highest BCUT2D eigenvalue weighted by molar-refractivity contribution is 7.15. The third-order valence-corrected chi connectivity index (χ3v) is 5.41. The normalized spacial score (nSPS) is 18.9. The van der Waals surface area contributed by atoms with Crippen LogP contribution in [0.15, 0.2) is 52.8 Å². The maximum atomic E-state index is 12.8. The van der Waals surface area contributed by atoms with Gasteiger partial charge in [0.05, 0.1) is 5.69 Å². The third-order valence-electron chi connectivity index (χ3n) is 4.65. The van der Waals surface area contributed by atoms with Crippen molar-refractivity contribution in [3.05, 3.63) is 69.6 Å². The van der Waals surface area contributed by atoms with E-state index in [-0.39, 0.29) is 17.9 Å². The molecule has 1 saturated heterocycles. The Labute approximate surface area is 168 Å². The molecule has 4 rings (SSSR count). The maximum absolute atomic E-state index is 12.8. The molecule has 148 valence electrons. The SMILES string of the molecule is C[C@@]1(c2ccccc2)NC(=O)N(CC(=O)OCc2cc(=O)n3ccsc3n2)C1=O. The number of ether oxygens (including phenoxy) is 1. The lowest BCUT2D eigenvalue weighted by molar-refractivity contribution is -0.148.